The Morgan fingerprint density at radius 1 is 1.30 bits per heavy atom. The van der Waals surface area contributed by atoms with Gasteiger partial charge in [-0.05, 0) is 32.0 Å². The number of ether oxygens (including phenoxy) is 2. The molecule has 0 unspecified atom stereocenters. The lowest BCUT2D eigenvalue weighted by atomic mass is 10.2. The van der Waals surface area contributed by atoms with Crippen LogP contribution >= 0.6 is 12.4 Å². The van der Waals surface area contributed by atoms with Crippen LogP contribution in [0.25, 0.3) is 0 Å². The Balaban J connectivity index is 0.00000361. The Bertz CT molecular complexity index is 388. The molecule has 6 heteroatoms. The van der Waals surface area contributed by atoms with Gasteiger partial charge in [0.15, 0.2) is 0 Å². The standard InChI is InChI=1S/C14H22N2O3.ClH/c1-2-18-10-11-19-13-7-4-3-6-12(13)14(17)16-9-5-8-15;/h3-4,6-7H,2,5,8-11,15H2,1H3,(H,16,17);1H. The topological polar surface area (TPSA) is 73.6 Å². The zero-order valence-corrected chi connectivity index (χ0v) is 12.6. The van der Waals surface area contributed by atoms with Crippen LogP contribution in [0.5, 0.6) is 5.75 Å². The van der Waals surface area contributed by atoms with Gasteiger partial charge in [-0.2, -0.15) is 0 Å². The van der Waals surface area contributed by atoms with Crippen molar-refractivity contribution in [2.24, 2.45) is 5.73 Å². The maximum absolute atomic E-state index is 12.0. The summed E-state index contributed by atoms with van der Waals surface area (Å²) in [5.74, 6) is 0.438. The normalized spacial score (nSPS) is 9.70. The molecule has 0 aliphatic carbocycles. The number of amides is 1. The third-order valence-corrected chi connectivity index (χ3v) is 2.49. The molecule has 0 saturated carbocycles. The molecule has 0 fully saturated rings. The Labute approximate surface area is 126 Å². The lowest BCUT2D eigenvalue weighted by Crippen LogP contribution is -2.26. The van der Waals surface area contributed by atoms with Gasteiger partial charge in [0.25, 0.3) is 5.91 Å². The van der Waals surface area contributed by atoms with Crippen molar-refractivity contribution in [3.05, 3.63) is 29.8 Å². The fourth-order valence-electron chi connectivity index (χ4n) is 1.53. The van der Waals surface area contributed by atoms with Gasteiger partial charge in [0, 0.05) is 13.2 Å². The van der Waals surface area contributed by atoms with Crippen molar-refractivity contribution in [1.29, 1.82) is 0 Å². The molecule has 0 bridgehead atoms. The smallest absolute Gasteiger partial charge is 0.255 e. The summed E-state index contributed by atoms with van der Waals surface area (Å²) in [5.41, 5.74) is 5.93. The number of carbonyl (C=O) groups excluding carboxylic acids is 1. The Kier molecular flexibility index (Phi) is 10.8. The molecule has 0 heterocycles. The van der Waals surface area contributed by atoms with Crippen molar-refractivity contribution in [2.75, 3.05) is 32.9 Å². The summed E-state index contributed by atoms with van der Waals surface area (Å²) in [6.07, 6.45) is 0.763. The molecule has 1 rings (SSSR count). The Morgan fingerprint density at radius 3 is 2.75 bits per heavy atom. The van der Waals surface area contributed by atoms with Crippen LogP contribution < -0.4 is 15.8 Å². The number of halogens is 1. The van der Waals surface area contributed by atoms with Crippen LogP contribution in [0.4, 0.5) is 0 Å². The molecule has 0 radical (unpaired) electrons. The highest BCUT2D eigenvalue weighted by molar-refractivity contribution is 5.96. The second kappa shape index (κ2) is 11.5. The monoisotopic (exact) mass is 302 g/mol. The predicted molar refractivity (Wildman–Crippen MR) is 81.7 cm³/mol. The van der Waals surface area contributed by atoms with E-state index in [0.29, 0.717) is 44.2 Å². The van der Waals surface area contributed by atoms with Crippen LogP contribution in [-0.4, -0.2) is 38.8 Å². The first-order chi connectivity index (χ1) is 9.29. The quantitative estimate of drug-likeness (QED) is 0.680. The lowest BCUT2D eigenvalue weighted by molar-refractivity contribution is 0.0936. The molecular weight excluding hydrogens is 280 g/mol. The van der Waals surface area contributed by atoms with E-state index in [-0.39, 0.29) is 18.3 Å². The van der Waals surface area contributed by atoms with Crippen molar-refractivity contribution in [3.8, 4) is 5.75 Å². The minimum Gasteiger partial charge on any atom is -0.490 e. The van der Waals surface area contributed by atoms with E-state index in [4.69, 9.17) is 15.2 Å². The SMILES string of the molecule is CCOCCOc1ccccc1C(=O)NCCCN.Cl. The number of rotatable bonds is 9. The first kappa shape index (κ1) is 18.7. The number of hydrogen-bond donors (Lipinski definition) is 2. The molecule has 3 N–H and O–H groups in total. The minimum absolute atomic E-state index is 0. The summed E-state index contributed by atoms with van der Waals surface area (Å²) < 4.78 is 10.8. The van der Waals surface area contributed by atoms with E-state index in [9.17, 15) is 4.79 Å². The van der Waals surface area contributed by atoms with Crippen LogP contribution in [0.1, 0.15) is 23.7 Å². The van der Waals surface area contributed by atoms with E-state index in [1.807, 2.05) is 19.1 Å². The van der Waals surface area contributed by atoms with Crippen LogP contribution in [0, 0.1) is 0 Å². The maximum atomic E-state index is 12.0. The van der Waals surface area contributed by atoms with Gasteiger partial charge >= 0.3 is 0 Å². The fraction of sp³-hybridized carbons (Fsp3) is 0.500. The van der Waals surface area contributed by atoms with E-state index in [0.717, 1.165) is 6.42 Å². The van der Waals surface area contributed by atoms with Gasteiger partial charge in [-0.15, -0.1) is 12.4 Å². The highest BCUT2D eigenvalue weighted by Gasteiger charge is 2.11. The summed E-state index contributed by atoms with van der Waals surface area (Å²) in [5, 5.41) is 2.81. The summed E-state index contributed by atoms with van der Waals surface area (Å²) in [4.78, 5) is 12.0. The number of para-hydroxylation sites is 1. The number of carbonyl (C=O) groups is 1. The van der Waals surface area contributed by atoms with Crippen molar-refractivity contribution in [3.63, 3.8) is 0 Å². The Morgan fingerprint density at radius 2 is 2.05 bits per heavy atom. The van der Waals surface area contributed by atoms with E-state index >= 15 is 0 Å². The zero-order chi connectivity index (χ0) is 13.9. The van der Waals surface area contributed by atoms with Gasteiger partial charge in [-0.1, -0.05) is 12.1 Å². The third-order valence-electron chi connectivity index (χ3n) is 2.49. The first-order valence-electron chi connectivity index (χ1n) is 6.57. The molecule has 0 aliphatic heterocycles. The van der Waals surface area contributed by atoms with Gasteiger partial charge in [-0.25, -0.2) is 0 Å². The molecule has 1 aromatic rings. The second-order valence-corrected chi connectivity index (χ2v) is 3.94. The molecule has 5 nitrogen and oxygen atoms in total. The van der Waals surface area contributed by atoms with Gasteiger partial charge in [0.2, 0.25) is 0 Å². The summed E-state index contributed by atoms with van der Waals surface area (Å²) in [6.45, 7) is 4.67. The van der Waals surface area contributed by atoms with Crippen LogP contribution in [0.2, 0.25) is 0 Å². The highest BCUT2D eigenvalue weighted by atomic mass is 35.5. The van der Waals surface area contributed by atoms with Crippen molar-refractivity contribution in [2.45, 2.75) is 13.3 Å². The lowest BCUT2D eigenvalue weighted by Gasteiger charge is -2.11. The van der Waals surface area contributed by atoms with Crippen LogP contribution in [0.15, 0.2) is 24.3 Å². The minimum atomic E-state index is -0.138. The summed E-state index contributed by atoms with van der Waals surface area (Å²) >= 11 is 0. The van der Waals surface area contributed by atoms with E-state index in [2.05, 4.69) is 5.32 Å². The van der Waals surface area contributed by atoms with Crippen molar-refractivity contribution >= 4 is 18.3 Å². The molecule has 1 aromatic carbocycles. The molecule has 1 amide bonds. The van der Waals surface area contributed by atoms with E-state index in [1.54, 1.807) is 12.1 Å². The molecule has 0 aliphatic rings. The molecule has 20 heavy (non-hydrogen) atoms. The van der Waals surface area contributed by atoms with Gasteiger partial charge < -0.3 is 20.5 Å². The van der Waals surface area contributed by atoms with Gasteiger partial charge in [-0.3, -0.25) is 4.79 Å². The zero-order valence-electron chi connectivity index (χ0n) is 11.8. The summed E-state index contributed by atoms with van der Waals surface area (Å²) in [6, 6.07) is 7.18. The number of benzene rings is 1. The van der Waals surface area contributed by atoms with Crippen LogP contribution in [0.3, 0.4) is 0 Å². The fourth-order valence-corrected chi connectivity index (χ4v) is 1.53. The van der Waals surface area contributed by atoms with E-state index < -0.39 is 0 Å². The maximum Gasteiger partial charge on any atom is 0.255 e. The third kappa shape index (κ3) is 6.75. The average Bonchev–Trinajstić information content (AvgIpc) is 2.44. The van der Waals surface area contributed by atoms with Crippen molar-refractivity contribution < 1.29 is 14.3 Å². The molecular formula is C14H23ClN2O3. The average molecular weight is 303 g/mol. The van der Waals surface area contributed by atoms with Gasteiger partial charge in [0.05, 0.1) is 12.2 Å². The molecule has 0 spiro atoms. The van der Waals surface area contributed by atoms with Gasteiger partial charge in [0.1, 0.15) is 12.4 Å². The first-order valence-corrected chi connectivity index (χ1v) is 6.57. The second-order valence-electron chi connectivity index (χ2n) is 3.94. The van der Waals surface area contributed by atoms with Crippen molar-refractivity contribution in [1.82, 2.24) is 5.32 Å². The predicted octanol–water partition coefficient (Wildman–Crippen LogP) is 1.60. The van der Waals surface area contributed by atoms with Crippen LogP contribution in [-0.2, 0) is 4.74 Å². The number of nitrogens with two attached hydrogens (primary N) is 1. The summed E-state index contributed by atoms with van der Waals surface area (Å²) in [7, 11) is 0. The van der Waals surface area contributed by atoms with E-state index in [1.165, 1.54) is 0 Å². The molecule has 0 saturated heterocycles. The number of hydrogen-bond acceptors (Lipinski definition) is 4. The molecule has 114 valence electrons. The number of nitrogens with one attached hydrogen (secondary N) is 1. The molecule has 0 aromatic heterocycles. The molecule has 0 atom stereocenters. The highest BCUT2D eigenvalue weighted by Crippen LogP contribution is 2.17. The Hall–Kier alpha value is -1.30. The largest absolute Gasteiger partial charge is 0.490 e.